The van der Waals surface area contributed by atoms with E-state index < -0.39 is 0 Å². The smallest absolute Gasteiger partial charge is 0.315 e. The number of amides is 2. The van der Waals surface area contributed by atoms with E-state index in [0.29, 0.717) is 18.0 Å². The summed E-state index contributed by atoms with van der Waals surface area (Å²) in [4.78, 5) is 21.6. The zero-order chi connectivity index (χ0) is 22.5. The number of methoxy groups -OCH3 is 1. The second kappa shape index (κ2) is 9.47. The molecule has 4 aromatic rings. The molecule has 2 N–H and O–H groups in total. The number of nitrogens with one attached hydrogen (secondary N) is 2. The van der Waals surface area contributed by atoms with Crippen LogP contribution < -0.4 is 15.4 Å². The Balaban J connectivity index is 1.47. The topological polar surface area (TPSA) is 81.1 Å². The molecule has 2 aromatic carbocycles. The number of fused-ring (bicyclic) bond motifs is 1. The first-order valence-electron chi connectivity index (χ1n) is 10.3. The van der Waals surface area contributed by atoms with Crippen molar-refractivity contribution in [3.63, 3.8) is 0 Å². The van der Waals surface area contributed by atoms with Gasteiger partial charge in [-0.1, -0.05) is 24.3 Å². The minimum atomic E-state index is -0.311. The summed E-state index contributed by atoms with van der Waals surface area (Å²) in [5.74, 6) is 1.11. The van der Waals surface area contributed by atoms with E-state index >= 15 is 0 Å². The van der Waals surface area contributed by atoms with Gasteiger partial charge < -0.3 is 19.9 Å². The van der Waals surface area contributed by atoms with Crippen molar-refractivity contribution in [2.75, 3.05) is 7.11 Å². The Morgan fingerprint density at radius 1 is 1.16 bits per heavy atom. The molecule has 32 heavy (non-hydrogen) atoms. The van der Waals surface area contributed by atoms with Crippen LogP contribution in [0.15, 0.2) is 66.9 Å². The van der Waals surface area contributed by atoms with Gasteiger partial charge in [-0.05, 0) is 54.4 Å². The largest absolute Gasteiger partial charge is 0.497 e. The fraction of sp³-hybridized carbons (Fsp3) is 0.208. The molecular weight excluding hydrogens is 409 g/mol. The second-order valence-electron chi connectivity index (χ2n) is 7.41. The van der Waals surface area contributed by atoms with Gasteiger partial charge in [-0.25, -0.2) is 19.2 Å². The summed E-state index contributed by atoms with van der Waals surface area (Å²) < 4.78 is 20.5. The number of carbonyl (C=O) groups is 1. The molecular formula is C24H24FN5O2. The van der Waals surface area contributed by atoms with E-state index in [2.05, 4.69) is 20.6 Å². The molecule has 0 spiro atoms. The molecule has 164 valence electrons. The van der Waals surface area contributed by atoms with Crippen LogP contribution in [-0.4, -0.2) is 27.7 Å². The number of rotatable bonds is 7. The van der Waals surface area contributed by atoms with Crippen LogP contribution in [0.3, 0.4) is 0 Å². The van der Waals surface area contributed by atoms with Crippen LogP contribution in [0.25, 0.3) is 11.2 Å². The lowest BCUT2D eigenvalue weighted by atomic mass is 10.1. The quantitative estimate of drug-likeness (QED) is 0.458. The van der Waals surface area contributed by atoms with Crippen LogP contribution in [0, 0.1) is 5.82 Å². The third kappa shape index (κ3) is 4.85. The summed E-state index contributed by atoms with van der Waals surface area (Å²) >= 11 is 0. The van der Waals surface area contributed by atoms with Crippen molar-refractivity contribution in [3.8, 4) is 5.75 Å². The highest BCUT2D eigenvalue weighted by Crippen LogP contribution is 2.19. The molecule has 0 saturated heterocycles. The molecule has 0 radical (unpaired) electrons. The molecule has 7 nitrogen and oxygen atoms in total. The van der Waals surface area contributed by atoms with E-state index in [1.54, 1.807) is 25.4 Å². The van der Waals surface area contributed by atoms with Gasteiger partial charge in [-0.15, -0.1) is 0 Å². The minimum absolute atomic E-state index is 0.204. The summed E-state index contributed by atoms with van der Waals surface area (Å²) in [5.41, 5.74) is 3.29. The molecule has 2 aromatic heterocycles. The van der Waals surface area contributed by atoms with Crippen LogP contribution in [0.4, 0.5) is 9.18 Å². The van der Waals surface area contributed by atoms with Gasteiger partial charge in [0.05, 0.1) is 26.2 Å². The highest BCUT2D eigenvalue weighted by molar-refractivity contribution is 5.75. The maximum absolute atomic E-state index is 13.3. The van der Waals surface area contributed by atoms with Gasteiger partial charge in [-0.3, -0.25) is 0 Å². The van der Waals surface area contributed by atoms with E-state index in [1.807, 2.05) is 47.9 Å². The first-order chi connectivity index (χ1) is 15.5. The number of urea groups is 1. The van der Waals surface area contributed by atoms with Crippen molar-refractivity contribution in [3.05, 3.63) is 89.6 Å². The number of imidazole rings is 1. The fourth-order valence-electron chi connectivity index (χ4n) is 3.48. The van der Waals surface area contributed by atoms with Crippen molar-refractivity contribution in [2.45, 2.75) is 26.1 Å². The van der Waals surface area contributed by atoms with Gasteiger partial charge in [0.25, 0.3) is 0 Å². The zero-order valence-electron chi connectivity index (χ0n) is 17.9. The maximum Gasteiger partial charge on any atom is 0.315 e. The van der Waals surface area contributed by atoms with Crippen molar-refractivity contribution in [1.29, 1.82) is 0 Å². The lowest BCUT2D eigenvalue weighted by Crippen LogP contribution is -2.37. The van der Waals surface area contributed by atoms with Crippen molar-refractivity contribution in [2.24, 2.45) is 0 Å². The third-order valence-electron chi connectivity index (χ3n) is 5.19. The molecule has 0 aliphatic heterocycles. The molecule has 0 fully saturated rings. The predicted octanol–water partition coefficient (Wildman–Crippen LogP) is 4.19. The molecule has 4 rings (SSSR count). The molecule has 0 bridgehead atoms. The summed E-state index contributed by atoms with van der Waals surface area (Å²) in [6.45, 7) is 2.59. The summed E-state index contributed by atoms with van der Waals surface area (Å²) in [5, 5.41) is 5.80. The van der Waals surface area contributed by atoms with Crippen LogP contribution in [0.2, 0.25) is 0 Å². The van der Waals surface area contributed by atoms with Crippen LogP contribution in [0.1, 0.15) is 29.9 Å². The summed E-state index contributed by atoms with van der Waals surface area (Å²) in [6.07, 6.45) is 1.70. The second-order valence-corrected chi connectivity index (χ2v) is 7.41. The Bertz CT molecular complexity index is 1220. The number of hydrogen-bond donors (Lipinski definition) is 2. The molecule has 1 unspecified atom stereocenters. The first kappa shape index (κ1) is 21.3. The van der Waals surface area contributed by atoms with Crippen LogP contribution in [-0.2, 0) is 13.1 Å². The van der Waals surface area contributed by atoms with E-state index in [9.17, 15) is 9.18 Å². The SMILES string of the molecule is COc1cccc(C(C)NC(=O)NCc2nc3cccnc3n2Cc2ccc(F)cc2)c1. The Kier molecular flexibility index (Phi) is 6.30. The number of ether oxygens (including phenoxy) is 1. The average Bonchev–Trinajstić information content (AvgIpc) is 3.16. The number of pyridine rings is 1. The summed E-state index contributed by atoms with van der Waals surface area (Å²) in [6, 6.07) is 17.0. The van der Waals surface area contributed by atoms with Gasteiger partial charge in [0.15, 0.2) is 5.65 Å². The highest BCUT2D eigenvalue weighted by atomic mass is 19.1. The first-order valence-corrected chi connectivity index (χ1v) is 10.3. The number of aromatic nitrogens is 3. The minimum Gasteiger partial charge on any atom is -0.497 e. The number of halogens is 1. The van der Waals surface area contributed by atoms with E-state index in [-0.39, 0.29) is 24.4 Å². The van der Waals surface area contributed by atoms with Gasteiger partial charge >= 0.3 is 6.03 Å². The fourth-order valence-corrected chi connectivity index (χ4v) is 3.48. The van der Waals surface area contributed by atoms with Crippen molar-refractivity contribution >= 4 is 17.2 Å². The zero-order valence-corrected chi connectivity index (χ0v) is 17.9. The monoisotopic (exact) mass is 433 g/mol. The lowest BCUT2D eigenvalue weighted by molar-refractivity contribution is 0.237. The third-order valence-corrected chi connectivity index (χ3v) is 5.19. The Morgan fingerprint density at radius 3 is 2.75 bits per heavy atom. The van der Waals surface area contributed by atoms with Gasteiger partial charge in [0.1, 0.15) is 22.9 Å². The van der Waals surface area contributed by atoms with E-state index in [4.69, 9.17) is 4.74 Å². The van der Waals surface area contributed by atoms with Gasteiger partial charge in [0.2, 0.25) is 0 Å². The molecule has 2 heterocycles. The highest BCUT2D eigenvalue weighted by Gasteiger charge is 2.15. The van der Waals surface area contributed by atoms with Crippen LogP contribution >= 0.6 is 0 Å². The number of hydrogen-bond acceptors (Lipinski definition) is 4. The lowest BCUT2D eigenvalue weighted by Gasteiger charge is -2.16. The molecule has 0 saturated carbocycles. The number of benzene rings is 2. The Labute approximate surface area is 185 Å². The van der Waals surface area contributed by atoms with Crippen molar-refractivity contribution in [1.82, 2.24) is 25.2 Å². The molecule has 1 atom stereocenters. The number of nitrogens with zero attached hydrogens (tertiary/aromatic N) is 3. The molecule has 0 aliphatic rings. The summed E-state index contributed by atoms with van der Waals surface area (Å²) in [7, 11) is 1.61. The standard InChI is InChI=1S/C24H24FN5O2/c1-16(18-5-3-6-20(13-18)32-2)28-24(31)27-14-22-29-21-7-4-12-26-23(21)30(22)15-17-8-10-19(25)11-9-17/h3-13,16H,14-15H2,1-2H3,(H2,27,28,31). The van der Waals surface area contributed by atoms with E-state index in [0.717, 1.165) is 22.4 Å². The Hall–Kier alpha value is -3.94. The van der Waals surface area contributed by atoms with Gasteiger partial charge in [0, 0.05) is 6.20 Å². The Morgan fingerprint density at radius 2 is 1.97 bits per heavy atom. The number of carbonyl (C=O) groups excluding carboxylic acids is 1. The van der Waals surface area contributed by atoms with Gasteiger partial charge in [-0.2, -0.15) is 0 Å². The van der Waals surface area contributed by atoms with Crippen LogP contribution in [0.5, 0.6) is 5.75 Å². The normalized spacial score (nSPS) is 11.8. The molecule has 2 amide bonds. The maximum atomic E-state index is 13.3. The molecule has 0 aliphatic carbocycles. The average molecular weight is 433 g/mol. The van der Waals surface area contributed by atoms with Crippen molar-refractivity contribution < 1.29 is 13.9 Å². The predicted molar refractivity (Wildman–Crippen MR) is 120 cm³/mol. The molecule has 8 heteroatoms. The van der Waals surface area contributed by atoms with E-state index in [1.165, 1.54) is 12.1 Å².